The second-order valence-corrected chi connectivity index (χ2v) is 2.94. The first kappa shape index (κ1) is 9.20. The molecule has 12 heavy (non-hydrogen) atoms. The van der Waals surface area contributed by atoms with Crippen molar-refractivity contribution in [2.24, 2.45) is 5.73 Å². The summed E-state index contributed by atoms with van der Waals surface area (Å²) in [6, 6.07) is 7.78. The molecule has 0 amide bonds. The highest BCUT2D eigenvalue weighted by atomic mass is 19.1. The van der Waals surface area contributed by atoms with Gasteiger partial charge in [-0.2, -0.15) is 0 Å². The van der Waals surface area contributed by atoms with Gasteiger partial charge in [-0.15, -0.1) is 0 Å². The van der Waals surface area contributed by atoms with E-state index in [4.69, 9.17) is 5.73 Å². The fraction of sp³-hybridized carbons (Fsp3) is 0.400. The number of hydrogen-bond donors (Lipinski definition) is 1. The van der Waals surface area contributed by atoms with Gasteiger partial charge in [-0.1, -0.05) is 24.3 Å². The van der Waals surface area contributed by atoms with Crippen LogP contribution in [0.5, 0.6) is 0 Å². The Labute approximate surface area is 72.4 Å². The van der Waals surface area contributed by atoms with Crippen LogP contribution in [-0.4, -0.2) is 13.2 Å². The lowest BCUT2D eigenvalue weighted by molar-refractivity contribution is 0.433. The number of alkyl halides is 1. The van der Waals surface area contributed by atoms with Crippen LogP contribution in [0.2, 0.25) is 0 Å². The molecule has 1 aromatic carbocycles. The van der Waals surface area contributed by atoms with E-state index in [2.05, 4.69) is 0 Å². The fourth-order valence-electron chi connectivity index (χ4n) is 1.32. The maximum absolute atomic E-state index is 12.4. The Bertz CT molecular complexity index is 243. The molecular weight excluding hydrogens is 153 g/mol. The van der Waals surface area contributed by atoms with Gasteiger partial charge < -0.3 is 5.73 Å². The third kappa shape index (κ3) is 1.83. The molecule has 0 heterocycles. The Hall–Kier alpha value is -0.890. The third-order valence-corrected chi connectivity index (χ3v) is 2.10. The molecule has 0 bridgehead atoms. The van der Waals surface area contributed by atoms with E-state index >= 15 is 0 Å². The molecule has 0 aliphatic rings. The highest BCUT2D eigenvalue weighted by molar-refractivity contribution is 5.29. The minimum Gasteiger partial charge on any atom is -0.330 e. The van der Waals surface area contributed by atoms with Gasteiger partial charge in [-0.25, -0.2) is 0 Å². The zero-order valence-corrected chi connectivity index (χ0v) is 7.26. The average Bonchev–Trinajstić information content (AvgIpc) is 2.10. The molecule has 66 valence electrons. The first-order valence-corrected chi connectivity index (χ1v) is 4.11. The highest BCUT2D eigenvalue weighted by Gasteiger charge is 2.10. The van der Waals surface area contributed by atoms with Crippen molar-refractivity contribution in [2.45, 2.75) is 12.8 Å². The normalized spacial score (nSPS) is 12.9. The largest absolute Gasteiger partial charge is 0.330 e. The van der Waals surface area contributed by atoms with E-state index in [1.54, 1.807) is 0 Å². The second kappa shape index (κ2) is 4.21. The van der Waals surface area contributed by atoms with Crippen molar-refractivity contribution in [3.05, 3.63) is 35.4 Å². The summed E-state index contributed by atoms with van der Waals surface area (Å²) in [5, 5.41) is 0. The number of rotatable bonds is 3. The van der Waals surface area contributed by atoms with Crippen LogP contribution in [0.4, 0.5) is 4.39 Å². The topological polar surface area (TPSA) is 26.0 Å². The van der Waals surface area contributed by atoms with Gasteiger partial charge in [-0.05, 0) is 18.1 Å². The highest BCUT2D eigenvalue weighted by Crippen LogP contribution is 2.18. The summed E-state index contributed by atoms with van der Waals surface area (Å²) in [5.74, 6) is -0.133. The van der Waals surface area contributed by atoms with Crippen LogP contribution in [-0.2, 0) is 0 Å². The van der Waals surface area contributed by atoms with E-state index < -0.39 is 0 Å². The maximum Gasteiger partial charge on any atom is 0.0975 e. The molecule has 0 radical (unpaired) electrons. The maximum atomic E-state index is 12.4. The third-order valence-electron chi connectivity index (χ3n) is 2.10. The zero-order valence-electron chi connectivity index (χ0n) is 7.26. The number of benzene rings is 1. The summed E-state index contributed by atoms with van der Waals surface area (Å²) in [4.78, 5) is 0. The summed E-state index contributed by atoms with van der Waals surface area (Å²) in [5.41, 5.74) is 7.59. The van der Waals surface area contributed by atoms with Gasteiger partial charge in [0.15, 0.2) is 0 Å². The van der Waals surface area contributed by atoms with Gasteiger partial charge in [0, 0.05) is 12.5 Å². The quantitative estimate of drug-likeness (QED) is 0.732. The van der Waals surface area contributed by atoms with Crippen LogP contribution in [0.1, 0.15) is 17.0 Å². The summed E-state index contributed by atoms with van der Waals surface area (Å²) in [6.45, 7) is 1.98. The minimum atomic E-state index is -0.374. The molecule has 0 fully saturated rings. The Morgan fingerprint density at radius 1 is 1.42 bits per heavy atom. The van der Waals surface area contributed by atoms with Crippen LogP contribution in [0.3, 0.4) is 0 Å². The summed E-state index contributed by atoms with van der Waals surface area (Å²) in [6.07, 6.45) is 0. The van der Waals surface area contributed by atoms with Gasteiger partial charge in [0.2, 0.25) is 0 Å². The van der Waals surface area contributed by atoms with E-state index in [1.165, 1.54) is 0 Å². The second-order valence-electron chi connectivity index (χ2n) is 2.94. The van der Waals surface area contributed by atoms with E-state index in [9.17, 15) is 4.39 Å². The predicted molar refractivity (Wildman–Crippen MR) is 48.9 cm³/mol. The van der Waals surface area contributed by atoms with Crippen molar-refractivity contribution in [1.82, 2.24) is 0 Å². The number of hydrogen-bond acceptors (Lipinski definition) is 1. The Kier molecular flexibility index (Phi) is 3.23. The van der Waals surface area contributed by atoms with Gasteiger partial charge >= 0.3 is 0 Å². The Morgan fingerprint density at radius 3 is 2.58 bits per heavy atom. The molecule has 2 heteroatoms. The fourth-order valence-corrected chi connectivity index (χ4v) is 1.32. The van der Waals surface area contributed by atoms with Crippen molar-refractivity contribution in [2.75, 3.05) is 13.2 Å². The lowest BCUT2D eigenvalue weighted by Gasteiger charge is -2.12. The zero-order chi connectivity index (χ0) is 8.97. The van der Waals surface area contributed by atoms with Gasteiger partial charge in [-0.3, -0.25) is 4.39 Å². The van der Waals surface area contributed by atoms with Crippen LogP contribution < -0.4 is 5.73 Å². The molecule has 2 N–H and O–H groups in total. The lowest BCUT2D eigenvalue weighted by Crippen LogP contribution is -2.15. The summed E-state index contributed by atoms with van der Waals surface area (Å²) < 4.78 is 12.4. The summed E-state index contributed by atoms with van der Waals surface area (Å²) in [7, 11) is 0. The lowest BCUT2D eigenvalue weighted by atomic mass is 9.96. The molecule has 1 rings (SSSR count). The van der Waals surface area contributed by atoms with Crippen molar-refractivity contribution < 1.29 is 4.39 Å². The SMILES string of the molecule is Cc1ccccc1C(CN)CF. The van der Waals surface area contributed by atoms with Crippen molar-refractivity contribution in [3.8, 4) is 0 Å². The van der Waals surface area contributed by atoms with E-state index in [1.807, 2.05) is 31.2 Å². The number of nitrogens with two attached hydrogens (primary N) is 1. The van der Waals surface area contributed by atoms with Crippen molar-refractivity contribution in [3.63, 3.8) is 0 Å². The smallest absolute Gasteiger partial charge is 0.0975 e. The molecule has 0 aliphatic heterocycles. The van der Waals surface area contributed by atoms with Crippen molar-refractivity contribution in [1.29, 1.82) is 0 Å². The monoisotopic (exact) mass is 167 g/mol. The standard InChI is InChI=1S/C10H14FN/c1-8-4-2-3-5-10(8)9(6-11)7-12/h2-5,9H,6-7,12H2,1H3. The van der Waals surface area contributed by atoms with Gasteiger partial charge in [0.05, 0.1) is 6.67 Å². The van der Waals surface area contributed by atoms with Gasteiger partial charge in [0.1, 0.15) is 0 Å². The molecule has 0 spiro atoms. The van der Waals surface area contributed by atoms with Crippen LogP contribution >= 0.6 is 0 Å². The molecule has 0 saturated heterocycles. The van der Waals surface area contributed by atoms with Crippen LogP contribution in [0.25, 0.3) is 0 Å². The minimum absolute atomic E-state index is 0.133. The van der Waals surface area contributed by atoms with Crippen LogP contribution in [0.15, 0.2) is 24.3 Å². The number of halogens is 1. The van der Waals surface area contributed by atoms with Crippen molar-refractivity contribution >= 4 is 0 Å². The Morgan fingerprint density at radius 2 is 2.08 bits per heavy atom. The Balaban J connectivity index is 2.92. The summed E-state index contributed by atoms with van der Waals surface area (Å²) >= 11 is 0. The molecular formula is C10H14FN. The molecule has 1 atom stereocenters. The predicted octanol–water partition coefficient (Wildman–Crippen LogP) is 2.01. The molecule has 1 nitrogen and oxygen atoms in total. The van der Waals surface area contributed by atoms with Crippen LogP contribution in [0, 0.1) is 6.92 Å². The number of aryl methyl sites for hydroxylation is 1. The molecule has 1 unspecified atom stereocenters. The molecule has 0 aromatic heterocycles. The first-order chi connectivity index (χ1) is 5.79. The molecule has 1 aromatic rings. The average molecular weight is 167 g/mol. The van der Waals surface area contributed by atoms with E-state index in [-0.39, 0.29) is 12.6 Å². The van der Waals surface area contributed by atoms with E-state index in [0.29, 0.717) is 6.54 Å². The van der Waals surface area contributed by atoms with E-state index in [0.717, 1.165) is 11.1 Å². The first-order valence-electron chi connectivity index (χ1n) is 4.11. The molecule has 0 saturated carbocycles. The van der Waals surface area contributed by atoms with Gasteiger partial charge in [0.25, 0.3) is 0 Å². The molecule has 0 aliphatic carbocycles.